The lowest BCUT2D eigenvalue weighted by molar-refractivity contribution is -0.505. The highest BCUT2D eigenvalue weighted by Gasteiger charge is 2.96. The zero-order valence-corrected chi connectivity index (χ0v) is 16.2. The highest BCUT2D eigenvalue weighted by Crippen LogP contribution is 2.91. The minimum atomic E-state index is -0.504. The Labute approximate surface area is 146 Å². The zero-order valence-electron chi connectivity index (χ0n) is 16.2. The van der Waals surface area contributed by atoms with E-state index in [-0.39, 0.29) is 22.4 Å². The summed E-state index contributed by atoms with van der Waals surface area (Å²) in [5.74, 6) is 1.51. The molecule has 7 unspecified atom stereocenters. The number of hydrogen-bond acceptors (Lipinski definition) is 3. The molecule has 4 aliphatic carbocycles. The van der Waals surface area contributed by atoms with Gasteiger partial charge in [-0.15, -0.1) is 0 Å². The van der Waals surface area contributed by atoms with Crippen LogP contribution in [-0.2, 0) is 9.53 Å². The minimum Gasteiger partial charge on any atom is -0.458 e. The second kappa shape index (κ2) is 4.39. The fourth-order valence-electron chi connectivity index (χ4n) is 7.44. The Balaban J connectivity index is 1.55. The van der Waals surface area contributed by atoms with Gasteiger partial charge in [-0.2, -0.15) is 0 Å². The van der Waals surface area contributed by atoms with Gasteiger partial charge in [0.2, 0.25) is 0 Å². The van der Waals surface area contributed by atoms with E-state index in [1.54, 1.807) is 0 Å². The predicted octanol–water partition coefficient (Wildman–Crippen LogP) is 4.32. The first-order valence-corrected chi connectivity index (χ1v) is 9.90. The Kier molecular flexibility index (Phi) is 3.09. The molecule has 1 spiro atoms. The van der Waals surface area contributed by atoms with Crippen LogP contribution in [0.3, 0.4) is 0 Å². The van der Waals surface area contributed by atoms with Gasteiger partial charge in [0.25, 0.3) is 0 Å². The molecule has 4 saturated carbocycles. The third kappa shape index (κ3) is 1.61. The minimum absolute atomic E-state index is 0.0146. The number of aliphatic hydroxyl groups is 1. The molecular formula is C21H34O3. The van der Waals surface area contributed by atoms with Crippen molar-refractivity contribution in [3.8, 4) is 0 Å². The molecule has 3 nitrogen and oxygen atoms in total. The maximum Gasteiger partial charge on any atom is 0.312 e. The Bertz CT molecular complexity index is 586. The number of carbonyl (C=O) groups excluding carboxylic acids is 1. The number of hydrogen-bond donors (Lipinski definition) is 1. The van der Waals surface area contributed by atoms with E-state index in [1.165, 1.54) is 6.42 Å². The van der Waals surface area contributed by atoms with Crippen LogP contribution in [0.4, 0.5) is 0 Å². The number of rotatable bonds is 5. The van der Waals surface area contributed by atoms with Gasteiger partial charge in [0.05, 0.1) is 11.0 Å². The quantitative estimate of drug-likeness (QED) is 0.762. The van der Waals surface area contributed by atoms with Crippen molar-refractivity contribution in [2.24, 2.45) is 34.0 Å². The van der Waals surface area contributed by atoms with Gasteiger partial charge < -0.3 is 9.84 Å². The van der Waals surface area contributed by atoms with E-state index in [0.29, 0.717) is 24.2 Å². The Hall–Kier alpha value is -0.570. The van der Waals surface area contributed by atoms with Crippen LogP contribution in [0.1, 0.15) is 80.1 Å². The van der Waals surface area contributed by atoms with Gasteiger partial charge in [-0.3, -0.25) is 4.79 Å². The molecule has 0 saturated heterocycles. The molecule has 7 atom stereocenters. The van der Waals surface area contributed by atoms with Crippen molar-refractivity contribution in [1.29, 1.82) is 0 Å². The third-order valence-corrected chi connectivity index (χ3v) is 8.47. The molecule has 4 rings (SSSR count). The number of esters is 1. The second-order valence-corrected chi connectivity index (χ2v) is 11.0. The fraction of sp³-hybridized carbons (Fsp3) is 0.952. The smallest absolute Gasteiger partial charge is 0.312 e. The van der Waals surface area contributed by atoms with Gasteiger partial charge >= 0.3 is 5.97 Å². The summed E-state index contributed by atoms with van der Waals surface area (Å²) in [6.07, 6.45) is 5.68. The summed E-state index contributed by atoms with van der Waals surface area (Å²) in [5, 5.41) is 10.8. The van der Waals surface area contributed by atoms with E-state index < -0.39 is 11.0 Å². The molecule has 0 aromatic carbocycles. The topological polar surface area (TPSA) is 46.5 Å². The largest absolute Gasteiger partial charge is 0.458 e. The van der Waals surface area contributed by atoms with Crippen LogP contribution in [0.15, 0.2) is 0 Å². The summed E-state index contributed by atoms with van der Waals surface area (Å²) in [4.78, 5) is 13.3. The molecule has 4 fully saturated rings. The lowest BCUT2D eigenvalue weighted by Crippen LogP contribution is -2.97. The maximum absolute atomic E-state index is 13.3. The molecule has 0 aliphatic heterocycles. The van der Waals surface area contributed by atoms with E-state index in [0.717, 1.165) is 25.7 Å². The summed E-state index contributed by atoms with van der Waals surface area (Å²) in [6, 6.07) is 0. The molecule has 4 aliphatic rings. The zero-order chi connectivity index (χ0) is 17.8. The van der Waals surface area contributed by atoms with Crippen molar-refractivity contribution < 1.29 is 14.6 Å². The van der Waals surface area contributed by atoms with E-state index in [4.69, 9.17) is 4.74 Å². The molecule has 3 heteroatoms. The fourth-order valence-corrected chi connectivity index (χ4v) is 7.44. The van der Waals surface area contributed by atoms with E-state index in [2.05, 4.69) is 41.5 Å². The van der Waals surface area contributed by atoms with E-state index in [9.17, 15) is 9.90 Å². The molecule has 0 amide bonds. The van der Waals surface area contributed by atoms with E-state index in [1.807, 2.05) is 0 Å². The summed E-state index contributed by atoms with van der Waals surface area (Å²) < 4.78 is 6.30. The first kappa shape index (κ1) is 16.9. The maximum atomic E-state index is 13.3. The monoisotopic (exact) mass is 334 g/mol. The Morgan fingerprint density at radius 2 is 1.88 bits per heavy atom. The van der Waals surface area contributed by atoms with Crippen LogP contribution in [-0.4, -0.2) is 22.3 Å². The molecule has 0 bridgehead atoms. The number of carbonyl (C=O) groups is 1. The van der Waals surface area contributed by atoms with Crippen LogP contribution in [0.25, 0.3) is 0 Å². The molecule has 0 radical (unpaired) electrons. The Morgan fingerprint density at radius 3 is 2.33 bits per heavy atom. The van der Waals surface area contributed by atoms with Crippen molar-refractivity contribution in [3.05, 3.63) is 0 Å². The summed E-state index contributed by atoms with van der Waals surface area (Å²) >= 11 is 0. The normalized spacial score (nSPS) is 48.3. The van der Waals surface area contributed by atoms with Crippen LogP contribution >= 0.6 is 0 Å². The Morgan fingerprint density at radius 1 is 1.25 bits per heavy atom. The van der Waals surface area contributed by atoms with Crippen LogP contribution < -0.4 is 0 Å². The third-order valence-electron chi connectivity index (χ3n) is 8.47. The molecule has 0 aromatic rings. The average Bonchev–Trinajstić information content (AvgIpc) is 2.38. The highest BCUT2D eigenvalue weighted by atomic mass is 16.6. The first-order valence-electron chi connectivity index (χ1n) is 9.90. The van der Waals surface area contributed by atoms with Crippen molar-refractivity contribution in [2.45, 2.75) is 91.3 Å². The standard InChI is InChI=1S/C21H34O3/c1-7-13(2)18(6,11-17(3,4)5)16(22)24-20-10-15-8-14-9-19(23,12-20)21(14,15)20/h13-15,23H,7-12H2,1-6H3. The summed E-state index contributed by atoms with van der Waals surface area (Å²) in [7, 11) is 0. The van der Waals surface area contributed by atoms with Crippen molar-refractivity contribution >= 4 is 5.97 Å². The van der Waals surface area contributed by atoms with Crippen LogP contribution in [0, 0.1) is 34.0 Å². The van der Waals surface area contributed by atoms with Crippen molar-refractivity contribution in [3.63, 3.8) is 0 Å². The van der Waals surface area contributed by atoms with Gasteiger partial charge in [0.1, 0.15) is 5.60 Å². The van der Waals surface area contributed by atoms with Crippen LogP contribution in [0.2, 0.25) is 0 Å². The van der Waals surface area contributed by atoms with Gasteiger partial charge in [-0.25, -0.2) is 0 Å². The van der Waals surface area contributed by atoms with E-state index >= 15 is 0 Å². The van der Waals surface area contributed by atoms with Gasteiger partial charge in [0.15, 0.2) is 0 Å². The second-order valence-electron chi connectivity index (χ2n) is 11.0. The van der Waals surface area contributed by atoms with Gasteiger partial charge in [-0.05, 0) is 55.8 Å². The van der Waals surface area contributed by atoms with Crippen molar-refractivity contribution in [2.75, 3.05) is 0 Å². The molecule has 0 aromatic heterocycles. The van der Waals surface area contributed by atoms with Crippen molar-refractivity contribution in [1.82, 2.24) is 0 Å². The lowest BCUT2D eigenvalue weighted by atomic mass is 9.15. The molecule has 0 heterocycles. The van der Waals surface area contributed by atoms with Crippen LogP contribution in [0.5, 0.6) is 0 Å². The average molecular weight is 335 g/mol. The SMILES string of the molecule is CCC(C)C(C)(CC(C)(C)C)C(=O)OC12CC3CC4CC(O)(C1)C432. The summed E-state index contributed by atoms with van der Waals surface area (Å²) in [6.45, 7) is 13.0. The molecule has 24 heavy (non-hydrogen) atoms. The van der Waals surface area contributed by atoms with Gasteiger partial charge in [0, 0.05) is 11.8 Å². The molecule has 136 valence electrons. The lowest BCUT2D eigenvalue weighted by Gasteiger charge is -2.92. The molecule has 1 N–H and O–H groups in total. The molecular weight excluding hydrogens is 300 g/mol. The predicted molar refractivity (Wildman–Crippen MR) is 93.3 cm³/mol. The first-order chi connectivity index (χ1) is 10.9. The highest BCUT2D eigenvalue weighted by molar-refractivity contribution is 5.78. The number of ether oxygens (including phenoxy) is 1. The summed E-state index contributed by atoms with van der Waals surface area (Å²) in [5.41, 5.74) is -1.22. The van der Waals surface area contributed by atoms with Gasteiger partial charge in [-0.1, -0.05) is 41.0 Å².